The molecular formula is C26H37N3O4S. The predicted molar refractivity (Wildman–Crippen MR) is 134 cm³/mol. The van der Waals surface area contributed by atoms with Crippen molar-refractivity contribution in [1.82, 2.24) is 10.2 Å². The van der Waals surface area contributed by atoms with Gasteiger partial charge in [0.05, 0.1) is 29.2 Å². The van der Waals surface area contributed by atoms with Gasteiger partial charge in [-0.25, -0.2) is 0 Å². The fourth-order valence-corrected chi connectivity index (χ4v) is 9.01. The Morgan fingerprint density at radius 1 is 1.26 bits per heavy atom. The third kappa shape index (κ3) is 3.48. The Kier molecular flexibility index (Phi) is 6.77. The molecule has 7 nitrogen and oxygen atoms in total. The van der Waals surface area contributed by atoms with Crippen molar-refractivity contribution in [2.45, 2.75) is 69.5 Å². The van der Waals surface area contributed by atoms with E-state index in [-0.39, 0.29) is 41.4 Å². The van der Waals surface area contributed by atoms with Crippen LogP contribution >= 0.6 is 11.8 Å². The fraction of sp³-hybridized carbons (Fsp3) is 0.654. The number of carbonyl (C=O) groups excluding carboxylic acids is 3. The zero-order chi connectivity index (χ0) is 24.9. The van der Waals surface area contributed by atoms with Gasteiger partial charge in [-0.2, -0.15) is 0 Å². The van der Waals surface area contributed by atoms with Crippen LogP contribution in [0.15, 0.2) is 18.2 Å². The molecule has 34 heavy (non-hydrogen) atoms. The zero-order valence-electron chi connectivity index (χ0n) is 20.9. The molecule has 3 aliphatic heterocycles. The molecule has 4 rings (SSSR count). The lowest BCUT2D eigenvalue weighted by Gasteiger charge is -2.41. The summed E-state index contributed by atoms with van der Waals surface area (Å²) in [5.74, 6) is -1.47. The molecule has 1 spiro atoms. The second-order valence-corrected chi connectivity index (χ2v) is 11.9. The van der Waals surface area contributed by atoms with E-state index < -0.39 is 28.7 Å². The standard InChI is InChI=1S/C26H37N3O4S/c1-7-13(2)17(12-30)29-22(24(32)28-21-14(3)9-8-10-15(21)4)26-16(5)11-18(34-26)19(23(31)27-6)20(26)25(29)33/h8-10,13,16-20,22,30H,7,11-12H2,1-6H3,(H,27,31)(H,28,32)/t13-,16?,17-,18+,19-,20-,22?,26?/m0/s1. The van der Waals surface area contributed by atoms with Crippen LogP contribution in [0.25, 0.3) is 0 Å². The van der Waals surface area contributed by atoms with Gasteiger partial charge in [0.15, 0.2) is 0 Å². The normalized spacial score (nSPS) is 33.6. The SMILES string of the molecule is CC[C@H](C)[C@H](CO)N1C(=O)[C@@H]2[C@@H](C(=O)NC)[C@H]3CC(C)C2(S3)C1C(=O)Nc1c(C)cccc1C. The summed E-state index contributed by atoms with van der Waals surface area (Å²) in [6.07, 6.45) is 1.56. The monoisotopic (exact) mass is 487 g/mol. The van der Waals surface area contributed by atoms with E-state index in [9.17, 15) is 19.5 Å². The molecule has 0 aliphatic carbocycles. The number of thioether (sulfide) groups is 1. The summed E-state index contributed by atoms with van der Waals surface area (Å²) in [5, 5.41) is 16.3. The van der Waals surface area contributed by atoms with Crippen molar-refractivity contribution in [2.75, 3.05) is 19.0 Å². The number of aliphatic hydroxyl groups excluding tert-OH is 1. The number of anilines is 1. The average molecular weight is 488 g/mol. The van der Waals surface area contributed by atoms with Gasteiger partial charge in [0.25, 0.3) is 0 Å². The van der Waals surface area contributed by atoms with Crippen LogP contribution in [0, 0.1) is 37.5 Å². The molecule has 2 bridgehead atoms. The first-order valence-corrected chi connectivity index (χ1v) is 13.2. The fourth-order valence-electron chi connectivity index (χ4n) is 6.60. The van der Waals surface area contributed by atoms with Crippen molar-refractivity contribution >= 4 is 35.2 Å². The highest BCUT2D eigenvalue weighted by atomic mass is 32.2. The van der Waals surface area contributed by atoms with Gasteiger partial charge in [-0.05, 0) is 43.2 Å². The smallest absolute Gasteiger partial charge is 0.248 e. The van der Waals surface area contributed by atoms with Crippen LogP contribution in [-0.2, 0) is 14.4 Å². The van der Waals surface area contributed by atoms with Gasteiger partial charge in [0.1, 0.15) is 6.04 Å². The maximum atomic E-state index is 14.1. The first kappa shape index (κ1) is 25.0. The molecule has 1 aromatic carbocycles. The number of aliphatic hydroxyl groups is 1. The van der Waals surface area contributed by atoms with E-state index >= 15 is 0 Å². The van der Waals surface area contributed by atoms with Crippen LogP contribution < -0.4 is 10.6 Å². The molecule has 1 aromatic rings. The van der Waals surface area contributed by atoms with E-state index in [1.807, 2.05) is 45.9 Å². The average Bonchev–Trinajstić information content (AvgIpc) is 3.40. The van der Waals surface area contributed by atoms with E-state index in [1.54, 1.807) is 23.7 Å². The van der Waals surface area contributed by atoms with Crippen LogP contribution in [0.5, 0.6) is 0 Å². The highest BCUT2D eigenvalue weighted by Gasteiger charge is 2.76. The number of fused-ring (bicyclic) bond motifs is 1. The Bertz CT molecular complexity index is 980. The number of rotatable bonds is 7. The molecule has 3 heterocycles. The summed E-state index contributed by atoms with van der Waals surface area (Å²) in [7, 11) is 1.60. The highest BCUT2D eigenvalue weighted by molar-refractivity contribution is 8.02. The number of para-hydroxylation sites is 1. The molecule has 8 atom stereocenters. The Hall–Kier alpha value is -2.06. The van der Waals surface area contributed by atoms with Crippen molar-refractivity contribution in [3.63, 3.8) is 0 Å². The summed E-state index contributed by atoms with van der Waals surface area (Å²) < 4.78 is -0.694. The van der Waals surface area contributed by atoms with Gasteiger partial charge in [-0.15, -0.1) is 11.8 Å². The number of carbonyl (C=O) groups is 3. The number of hydrogen-bond acceptors (Lipinski definition) is 5. The number of likely N-dealkylation sites (tertiary alicyclic amines) is 1. The topological polar surface area (TPSA) is 98.7 Å². The van der Waals surface area contributed by atoms with Gasteiger partial charge in [-0.3, -0.25) is 14.4 Å². The van der Waals surface area contributed by atoms with Crippen LogP contribution in [0.3, 0.4) is 0 Å². The third-order valence-corrected chi connectivity index (χ3v) is 10.6. The molecule has 3 N–H and O–H groups in total. The van der Waals surface area contributed by atoms with Crippen LogP contribution in [-0.4, -0.2) is 63.5 Å². The number of amides is 3. The maximum absolute atomic E-state index is 14.1. The van der Waals surface area contributed by atoms with Gasteiger partial charge in [0.2, 0.25) is 17.7 Å². The third-order valence-electron chi connectivity index (χ3n) is 8.56. The molecular weight excluding hydrogens is 450 g/mol. The maximum Gasteiger partial charge on any atom is 0.248 e. The van der Waals surface area contributed by atoms with Crippen molar-refractivity contribution in [3.8, 4) is 0 Å². The Labute approximate surface area is 206 Å². The Morgan fingerprint density at radius 2 is 1.91 bits per heavy atom. The van der Waals surface area contributed by atoms with Crippen molar-refractivity contribution in [2.24, 2.45) is 23.7 Å². The molecule has 3 saturated heterocycles. The van der Waals surface area contributed by atoms with Crippen LogP contribution in [0.1, 0.15) is 44.7 Å². The highest BCUT2D eigenvalue weighted by Crippen LogP contribution is 2.69. The number of aryl methyl sites for hydroxylation is 2. The molecule has 0 radical (unpaired) electrons. The van der Waals surface area contributed by atoms with E-state index in [2.05, 4.69) is 17.6 Å². The van der Waals surface area contributed by atoms with Gasteiger partial charge in [0, 0.05) is 18.0 Å². The van der Waals surface area contributed by atoms with Crippen LogP contribution in [0.4, 0.5) is 5.69 Å². The molecule has 8 heteroatoms. The molecule has 3 unspecified atom stereocenters. The van der Waals surface area contributed by atoms with Crippen LogP contribution in [0.2, 0.25) is 0 Å². The van der Waals surface area contributed by atoms with E-state index in [1.165, 1.54) is 0 Å². The number of nitrogens with one attached hydrogen (secondary N) is 2. The lowest BCUT2D eigenvalue weighted by atomic mass is 9.66. The predicted octanol–water partition coefficient (Wildman–Crippen LogP) is 2.73. The van der Waals surface area contributed by atoms with Gasteiger partial charge in [-0.1, -0.05) is 45.4 Å². The second kappa shape index (κ2) is 9.19. The second-order valence-electron chi connectivity index (χ2n) is 10.3. The van der Waals surface area contributed by atoms with E-state index in [4.69, 9.17) is 0 Å². The first-order valence-electron chi connectivity index (χ1n) is 12.3. The molecule has 3 amide bonds. The summed E-state index contributed by atoms with van der Waals surface area (Å²) in [6.45, 7) is 9.82. The summed E-state index contributed by atoms with van der Waals surface area (Å²) in [5.41, 5.74) is 2.68. The number of hydrogen-bond donors (Lipinski definition) is 3. The van der Waals surface area contributed by atoms with Gasteiger partial charge < -0.3 is 20.6 Å². The Balaban J connectivity index is 1.84. The minimum Gasteiger partial charge on any atom is -0.394 e. The Morgan fingerprint density at radius 3 is 2.47 bits per heavy atom. The van der Waals surface area contributed by atoms with E-state index in [0.29, 0.717) is 0 Å². The minimum atomic E-state index is -0.755. The minimum absolute atomic E-state index is 0.00984. The van der Waals surface area contributed by atoms with Gasteiger partial charge >= 0.3 is 0 Å². The summed E-state index contributed by atoms with van der Waals surface area (Å²) in [4.78, 5) is 42.8. The number of nitrogens with zero attached hydrogens (tertiary/aromatic N) is 1. The summed E-state index contributed by atoms with van der Waals surface area (Å²) in [6, 6.07) is 4.63. The molecule has 186 valence electrons. The molecule has 3 fully saturated rings. The molecule has 0 saturated carbocycles. The number of benzene rings is 1. The first-order chi connectivity index (χ1) is 16.1. The molecule has 3 aliphatic rings. The largest absolute Gasteiger partial charge is 0.394 e. The van der Waals surface area contributed by atoms with Crippen molar-refractivity contribution in [3.05, 3.63) is 29.3 Å². The lowest BCUT2D eigenvalue weighted by molar-refractivity contribution is -0.143. The lowest BCUT2D eigenvalue weighted by Crippen LogP contribution is -2.58. The van der Waals surface area contributed by atoms with Crippen molar-refractivity contribution in [1.29, 1.82) is 0 Å². The van der Waals surface area contributed by atoms with Crippen molar-refractivity contribution < 1.29 is 19.5 Å². The zero-order valence-corrected chi connectivity index (χ0v) is 21.7. The quantitative estimate of drug-likeness (QED) is 0.549. The van der Waals surface area contributed by atoms with E-state index in [0.717, 1.165) is 29.7 Å². The molecule has 0 aromatic heterocycles. The summed E-state index contributed by atoms with van der Waals surface area (Å²) >= 11 is 1.65.